The lowest BCUT2D eigenvalue weighted by Crippen LogP contribution is -2.24. The number of thiophene rings is 1. The Kier molecular flexibility index (Phi) is 7.28. The molecule has 0 aliphatic rings. The van der Waals surface area contributed by atoms with Crippen LogP contribution in [0.5, 0.6) is 0 Å². The number of nitrogens with zero attached hydrogens (tertiary/aromatic N) is 2. The van der Waals surface area contributed by atoms with Crippen LogP contribution in [0.4, 0.5) is 5.69 Å². The van der Waals surface area contributed by atoms with E-state index in [9.17, 15) is 14.4 Å². The van der Waals surface area contributed by atoms with Gasteiger partial charge in [-0.25, -0.2) is 9.78 Å². The van der Waals surface area contributed by atoms with Crippen LogP contribution in [-0.4, -0.2) is 34.3 Å². The summed E-state index contributed by atoms with van der Waals surface area (Å²) in [4.78, 5) is 41.3. The molecule has 0 fully saturated rings. The molecule has 0 aliphatic heterocycles. The van der Waals surface area contributed by atoms with Crippen LogP contribution in [0.1, 0.15) is 30.6 Å². The molecule has 1 amide bonds. The van der Waals surface area contributed by atoms with Gasteiger partial charge < -0.3 is 10.1 Å². The molecule has 0 aliphatic carbocycles. The minimum absolute atomic E-state index is 0.0584. The van der Waals surface area contributed by atoms with Crippen LogP contribution < -0.4 is 10.9 Å². The van der Waals surface area contributed by atoms with Crippen molar-refractivity contribution in [3.63, 3.8) is 0 Å². The number of fused-ring (bicyclic) bond motifs is 1. The fourth-order valence-corrected chi connectivity index (χ4v) is 4.36. The molecule has 0 spiro atoms. The number of rotatable bonds is 8. The number of benzene rings is 1. The molecule has 3 rings (SSSR count). The van der Waals surface area contributed by atoms with Crippen LogP contribution in [0.2, 0.25) is 0 Å². The second kappa shape index (κ2) is 9.90. The Labute approximate surface area is 182 Å². The number of hydrogen-bond donors (Lipinski definition) is 1. The largest absolute Gasteiger partial charge is 0.465 e. The highest BCUT2D eigenvalue weighted by atomic mass is 32.2. The van der Waals surface area contributed by atoms with Crippen molar-refractivity contribution in [2.24, 2.45) is 5.92 Å². The fraction of sp³-hybridized carbons (Fsp3) is 0.333. The van der Waals surface area contributed by atoms with Gasteiger partial charge in [0.25, 0.3) is 5.56 Å². The van der Waals surface area contributed by atoms with Crippen molar-refractivity contribution in [3.8, 4) is 0 Å². The Morgan fingerprint density at radius 3 is 2.63 bits per heavy atom. The Morgan fingerprint density at radius 1 is 1.23 bits per heavy atom. The maximum absolute atomic E-state index is 12.9. The number of aromatic nitrogens is 2. The highest BCUT2D eigenvalue weighted by molar-refractivity contribution is 7.99. The first-order chi connectivity index (χ1) is 14.4. The van der Waals surface area contributed by atoms with Crippen molar-refractivity contribution in [1.82, 2.24) is 9.55 Å². The van der Waals surface area contributed by atoms with E-state index in [0.717, 1.165) is 6.42 Å². The van der Waals surface area contributed by atoms with Crippen molar-refractivity contribution in [3.05, 3.63) is 51.6 Å². The van der Waals surface area contributed by atoms with Gasteiger partial charge in [-0.05, 0) is 48.1 Å². The predicted molar refractivity (Wildman–Crippen MR) is 120 cm³/mol. The molecule has 0 bridgehead atoms. The van der Waals surface area contributed by atoms with Gasteiger partial charge in [0, 0.05) is 12.2 Å². The molecule has 0 saturated heterocycles. The van der Waals surface area contributed by atoms with Crippen molar-refractivity contribution in [1.29, 1.82) is 0 Å². The smallest absolute Gasteiger partial charge is 0.337 e. The predicted octanol–water partition coefficient (Wildman–Crippen LogP) is 4.02. The number of ether oxygens (including phenoxy) is 1. The molecule has 9 heteroatoms. The number of hydrogen-bond acceptors (Lipinski definition) is 7. The van der Waals surface area contributed by atoms with E-state index in [1.165, 1.54) is 30.2 Å². The van der Waals surface area contributed by atoms with Gasteiger partial charge in [-0.2, -0.15) is 0 Å². The molecule has 158 valence electrons. The van der Waals surface area contributed by atoms with Crippen LogP contribution in [0.15, 0.2) is 45.7 Å². The van der Waals surface area contributed by atoms with Crippen molar-refractivity contribution in [2.75, 3.05) is 18.2 Å². The van der Waals surface area contributed by atoms with E-state index in [4.69, 9.17) is 0 Å². The van der Waals surface area contributed by atoms with Gasteiger partial charge >= 0.3 is 5.97 Å². The monoisotopic (exact) mass is 445 g/mol. The standard InChI is InChI=1S/C21H23N3O4S2/c1-13(2)8-10-24-19(26)18-16(9-11-29-18)23-21(24)30-12-17(25)22-15-6-4-14(5-7-15)20(27)28-3/h4-7,9,11,13H,8,10,12H2,1-3H3,(H,22,25). The molecule has 7 nitrogen and oxygen atoms in total. The quantitative estimate of drug-likeness (QED) is 0.320. The average Bonchev–Trinajstić information content (AvgIpc) is 3.20. The molecule has 0 unspecified atom stereocenters. The number of carbonyl (C=O) groups is 2. The van der Waals surface area contributed by atoms with Gasteiger partial charge in [0.1, 0.15) is 4.70 Å². The second-order valence-corrected chi connectivity index (χ2v) is 8.93. The molecule has 30 heavy (non-hydrogen) atoms. The van der Waals surface area contributed by atoms with Crippen LogP contribution >= 0.6 is 23.1 Å². The number of carbonyl (C=O) groups excluding carboxylic acids is 2. The lowest BCUT2D eigenvalue weighted by Gasteiger charge is -2.13. The van der Waals surface area contributed by atoms with E-state index in [-0.39, 0.29) is 17.2 Å². The first kappa shape index (κ1) is 22.0. The molecule has 2 heterocycles. The molecular formula is C21H23N3O4S2. The van der Waals surface area contributed by atoms with E-state index >= 15 is 0 Å². The van der Waals surface area contributed by atoms with Gasteiger partial charge in [-0.15, -0.1) is 11.3 Å². The fourth-order valence-electron chi connectivity index (χ4n) is 2.75. The van der Waals surface area contributed by atoms with Crippen LogP contribution in [-0.2, 0) is 16.1 Å². The molecule has 1 aromatic carbocycles. The summed E-state index contributed by atoms with van der Waals surface area (Å²) in [5, 5.41) is 5.18. The molecule has 2 aromatic heterocycles. The summed E-state index contributed by atoms with van der Waals surface area (Å²) >= 11 is 2.63. The third kappa shape index (κ3) is 5.28. The van der Waals surface area contributed by atoms with Gasteiger partial charge in [-0.3, -0.25) is 14.2 Å². The normalized spacial score (nSPS) is 11.1. The molecule has 0 atom stereocenters. The number of amides is 1. The molecular weight excluding hydrogens is 422 g/mol. The first-order valence-corrected chi connectivity index (χ1v) is 11.3. The van der Waals surface area contributed by atoms with E-state index in [2.05, 4.69) is 28.9 Å². The summed E-state index contributed by atoms with van der Waals surface area (Å²) in [6.45, 7) is 4.78. The van der Waals surface area contributed by atoms with Gasteiger partial charge in [0.05, 0.1) is 23.9 Å². The van der Waals surface area contributed by atoms with Crippen LogP contribution in [0, 0.1) is 5.92 Å². The SMILES string of the molecule is COC(=O)c1ccc(NC(=O)CSc2nc3ccsc3c(=O)n2CCC(C)C)cc1. The van der Waals surface area contributed by atoms with Gasteiger partial charge in [-0.1, -0.05) is 25.6 Å². The van der Waals surface area contributed by atoms with Crippen molar-refractivity contribution in [2.45, 2.75) is 32.0 Å². The van der Waals surface area contributed by atoms with E-state index < -0.39 is 5.97 Å². The minimum Gasteiger partial charge on any atom is -0.465 e. The average molecular weight is 446 g/mol. The third-order valence-corrected chi connectivity index (χ3v) is 6.25. The summed E-state index contributed by atoms with van der Waals surface area (Å²) < 4.78 is 6.97. The highest BCUT2D eigenvalue weighted by Crippen LogP contribution is 2.22. The summed E-state index contributed by atoms with van der Waals surface area (Å²) in [6, 6.07) is 8.28. The van der Waals surface area contributed by atoms with Crippen LogP contribution in [0.25, 0.3) is 10.2 Å². The van der Waals surface area contributed by atoms with E-state index in [1.807, 2.05) is 11.4 Å². The molecule has 0 saturated carbocycles. The second-order valence-electron chi connectivity index (χ2n) is 7.07. The van der Waals surface area contributed by atoms with Crippen molar-refractivity contribution < 1.29 is 14.3 Å². The Bertz CT molecular complexity index is 1100. The highest BCUT2D eigenvalue weighted by Gasteiger charge is 2.15. The molecule has 3 aromatic rings. The number of nitrogens with one attached hydrogen (secondary N) is 1. The van der Waals surface area contributed by atoms with Gasteiger partial charge in [0.2, 0.25) is 5.91 Å². The summed E-state index contributed by atoms with van der Waals surface area (Å²) in [6.07, 6.45) is 0.852. The number of anilines is 1. The Morgan fingerprint density at radius 2 is 1.97 bits per heavy atom. The van der Waals surface area contributed by atoms with Crippen LogP contribution in [0.3, 0.4) is 0 Å². The molecule has 0 radical (unpaired) electrons. The number of methoxy groups -OCH3 is 1. The Balaban J connectivity index is 1.71. The maximum atomic E-state index is 12.9. The molecule has 1 N–H and O–H groups in total. The van der Waals surface area contributed by atoms with Crippen molar-refractivity contribution >= 4 is 50.9 Å². The third-order valence-electron chi connectivity index (χ3n) is 4.38. The first-order valence-electron chi connectivity index (χ1n) is 9.48. The zero-order valence-corrected chi connectivity index (χ0v) is 18.6. The number of esters is 1. The van der Waals surface area contributed by atoms with E-state index in [0.29, 0.717) is 39.1 Å². The van der Waals surface area contributed by atoms with Gasteiger partial charge in [0.15, 0.2) is 5.16 Å². The summed E-state index contributed by atoms with van der Waals surface area (Å²) in [7, 11) is 1.32. The maximum Gasteiger partial charge on any atom is 0.337 e. The minimum atomic E-state index is -0.433. The Hall–Kier alpha value is -2.65. The lowest BCUT2D eigenvalue weighted by atomic mass is 10.1. The zero-order chi connectivity index (χ0) is 21.7. The zero-order valence-electron chi connectivity index (χ0n) is 17.0. The van der Waals surface area contributed by atoms with E-state index in [1.54, 1.807) is 28.8 Å². The summed E-state index contributed by atoms with van der Waals surface area (Å²) in [5.74, 6) is -0.0914. The lowest BCUT2D eigenvalue weighted by molar-refractivity contribution is -0.113. The summed E-state index contributed by atoms with van der Waals surface area (Å²) in [5.41, 5.74) is 1.59. The number of thioether (sulfide) groups is 1. The topological polar surface area (TPSA) is 90.3 Å².